The number of nitrogens with zero attached hydrogens (tertiary/aromatic N) is 3. The Balaban J connectivity index is 1.61. The number of hydrogen-bond donors (Lipinski definition) is 1. The fraction of sp³-hybridized carbons (Fsp3) is 0.318. The second kappa shape index (κ2) is 9.30. The molecular formula is C22H24N4O6S. The van der Waals surface area contributed by atoms with E-state index >= 15 is 0 Å². The second-order valence-electron chi connectivity index (χ2n) is 7.53. The van der Waals surface area contributed by atoms with Gasteiger partial charge >= 0.3 is 5.69 Å². The number of sulfonamides is 1. The second-order valence-corrected chi connectivity index (χ2v) is 9.47. The molecule has 10 nitrogen and oxygen atoms in total. The van der Waals surface area contributed by atoms with Crippen LogP contribution in [0.25, 0.3) is 10.9 Å². The lowest BCUT2D eigenvalue weighted by Crippen LogP contribution is -2.41. The molecule has 1 N–H and O–H groups in total. The van der Waals surface area contributed by atoms with Crippen LogP contribution in [0.1, 0.15) is 6.92 Å². The maximum absolute atomic E-state index is 12.9. The summed E-state index contributed by atoms with van der Waals surface area (Å²) >= 11 is 0. The molecule has 2 aromatic carbocycles. The highest BCUT2D eigenvalue weighted by atomic mass is 32.2. The van der Waals surface area contributed by atoms with Gasteiger partial charge < -0.3 is 10.1 Å². The van der Waals surface area contributed by atoms with Crippen LogP contribution in [0.5, 0.6) is 0 Å². The quantitative estimate of drug-likeness (QED) is 0.568. The van der Waals surface area contributed by atoms with Gasteiger partial charge in [0.25, 0.3) is 5.56 Å². The lowest BCUT2D eigenvalue weighted by molar-refractivity contribution is -0.116. The SMILES string of the molecule is CCn1c(=O)c2ccccc2n(CC(=O)Nc2cccc(S(=O)(=O)N3CCOCC3)c2)c1=O. The van der Waals surface area contributed by atoms with Gasteiger partial charge in [0, 0.05) is 25.3 Å². The van der Waals surface area contributed by atoms with Crippen LogP contribution in [-0.4, -0.2) is 54.1 Å². The molecule has 0 saturated carbocycles. The van der Waals surface area contributed by atoms with Gasteiger partial charge in [-0.05, 0) is 37.3 Å². The first kappa shape index (κ1) is 22.9. The molecule has 174 valence electrons. The van der Waals surface area contributed by atoms with Crippen molar-refractivity contribution in [2.45, 2.75) is 24.9 Å². The number of rotatable bonds is 6. The van der Waals surface area contributed by atoms with Crippen LogP contribution < -0.4 is 16.6 Å². The van der Waals surface area contributed by atoms with Gasteiger partial charge in [0.2, 0.25) is 15.9 Å². The summed E-state index contributed by atoms with van der Waals surface area (Å²) < 4.78 is 34.7. The molecule has 4 rings (SSSR count). The van der Waals surface area contributed by atoms with Crippen molar-refractivity contribution in [1.29, 1.82) is 0 Å². The van der Waals surface area contributed by atoms with Gasteiger partial charge in [-0.1, -0.05) is 18.2 Å². The molecule has 1 aliphatic heterocycles. The van der Waals surface area contributed by atoms with Gasteiger partial charge in [-0.15, -0.1) is 0 Å². The highest BCUT2D eigenvalue weighted by molar-refractivity contribution is 7.89. The molecule has 0 bridgehead atoms. The zero-order valence-electron chi connectivity index (χ0n) is 18.1. The number of nitrogens with one attached hydrogen (secondary N) is 1. The topological polar surface area (TPSA) is 120 Å². The molecule has 0 aliphatic carbocycles. The molecule has 1 fully saturated rings. The smallest absolute Gasteiger partial charge is 0.331 e. The van der Waals surface area contributed by atoms with Gasteiger partial charge in [-0.25, -0.2) is 13.2 Å². The van der Waals surface area contributed by atoms with E-state index in [4.69, 9.17) is 4.74 Å². The molecule has 3 aromatic rings. The third kappa shape index (κ3) is 4.47. The normalized spacial score (nSPS) is 14.9. The Kier molecular flexibility index (Phi) is 6.45. The van der Waals surface area contributed by atoms with E-state index in [0.717, 1.165) is 4.57 Å². The minimum atomic E-state index is -3.72. The van der Waals surface area contributed by atoms with E-state index in [9.17, 15) is 22.8 Å². The maximum atomic E-state index is 12.9. The molecule has 33 heavy (non-hydrogen) atoms. The van der Waals surface area contributed by atoms with Crippen molar-refractivity contribution in [3.8, 4) is 0 Å². The molecule has 0 spiro atoms. The van der Waals surface area contributed by atoms with E-state index in [1.165, 1.54) is 21.0 Å². The monoisotopic (exact) mass is 472 g/mol. The molecule has 1 saturated heterocycles. The minimum Gasteiger partial charge on any atom is -0.379 e. The number of morpholine rings is 1. The van der Waals surface area contributed by atoms with Crippen LogP contribution in [0, 0.1) is 0 Å². The Bertz CT molecular complexity index is 1420. The first-order valence-corrected chi connectivity index (χ1v) is 12.0. The molecule has 0 atom stereocenters. The molecule has 1 aliphatic rings. The van der Waals surface area contributed by atoms with Crippen LogP contribution >= 0.6 is 0 Å². The number of hydrogen-bond acceptors (Lipinski definition) is 6. The molecule has 2 heterocycles. The van der Waals surface area contributed by atoms with Gasteiger partial charge in [0.1, 0.15) is 6.54 Å². The zero-order chi connectivity index (χ0) is 23.6. The fourth-order valence-corrected chi connectivity index (χ4v) is 5.27. The third-order valence-corrected chi connectivity index (χ3v) is 7.37. The van der Waals surface area contributed by atoms with Crippen molar-refractivity contribution in [1.82, 2.24) is 13.4 Å². The number of benzene rings is 2. The standard InChI is InChI=1S/C22H24N4O6S/c1-2-25-21(28)18-8-3-4-9-19(18)26(22(25)29)15-20(27)23-16-6-5-7-17(14-16)33(30,31)24-10-12-32-13-11-24/h3-9,14H,2,10-13,15H2,1H3,(H,23,27). The Morgan fingerprint density at radius 3 is 2.48 bits per heavy atom. The Morgan fingerprint density at radius 2 is 1.76 bits per heavy atom. The summed E-state index contributed by atoms with van der Waals surface area (Å²) in [6.45, 7) is 2.72. The highest BCUT2D eigenvalue weighted by Crippen LogP contribution is 2.20. The molecule has 1 aromatic heterocycles. The van der Waals surface area contributed by atoms with Crippen LogP contribution in [-0.2, 0) is 32.6 Å². The number of carbonyl (C=O) groups excluding carboxylic acids is 1. The molecule has 11 heteroatoms. The van der Waals surface area contributed by atoms with E-state index in [-0.39, 0.29) is 36.8 Å². The van der Waals surface area contributed by atoms with Gasteiger partial charge in [0.05, 0.1) is 29.0 Å². The number of amides is 1. The average Bonchev–Trinajstić information content (AvgIpc) is 2.83. The molecule has 0 radical (unpaired) electrons. The maximum Gasteiger partial charge on any atom is 0.331 e. The highest BCUT2D eigenvalue weighted by Gasteiger charge is 2.26. The van der Waals surface area contributed by atoms with Crippen molar-refractivity contribution in [2.24, 2.45) is 0 Å². The van der Waals surface area contributed by atoms with Crippen molar-refractivity contribution in [3.63, 3.8) is 0 Å². The van der Waals surface area contributed by atoms with E-state index < -0.39 is 27.2 Å². The lowest BCUT2D eigenvalue weighted by Gasteiger charge is -2.26. The van der Waals surface area contributed by atoms with Crippen LogP contribution in [0.4, 0.5) is 5.69 Å². The predicted octanol–water partition coefficient (Wildman–Crippen LogP) is 0.843. The van der Waals surface area contributed by atoms with Crippen molar-refractivity contribution in [3.05, 3.63) is 69.4 Å². The largest absolute Gasteiger partial charge is 0.379 e. The van der Waals surface area contributed by atoms with Crippen LogP contribution in [0.15, 0.2) is 63.0 Å². The Labute approximate surface area is 190 Å². The van der Waals surface area contributed by atoms with Gasteiger partial charge in [-0.2, -0.15) is 4.31 Å². The van der Waals surface area contributed by atoms with Crippen molar-refractivity contribution >= 4 is 32.5 Å². The zero-order valence-corrected chi connectivity index (χ0v) is 18.9. The summed E-state index contributed by atoms with van der Waals surface area (Å²) in [4.78, 5) is 38.2. The van der Waals surface area contributed by atoms with E-state index in [2.05, 4.69) is 5.32 Å². The summed E-state index contributed by atoms with van der Waals surface area (Å²) in [5, 5.41) is 2.99. The first-order chi connectivity index (χ1) is 15.8. The van der Waals surface area contributed by atoms with Crippen molar-refractivity contribution < 1.29 is 17.9 Å². The summed E-state index contributed by atoms with van der Waals surface area (Å²) in [5.41, 5.74) is -0.345. The van der Waals surface area contributed by atoms with Crippen molar-refractivity contribution in [2.75, 3.05) is 31.6 Å². The molecular weight excluding hydrogens is 448 g/mol. The van der Waals surface area contributed by atoms with E-state index in [0.29, 0.717) is 24.1 Å². The fourth-order valence-electron chi connectivity index (χ4n) is 3.82. The summed E-state index contributed by atoms with van der Waals surface area (Å²) in [7, 11) is -3.72. The van der Waals surface area contributed by atoms with Crippen LogP contribution in [0.3, 0.4) is 0 Å². The number of carbonyl (C=O) groups is 1. The number of fused-ring (bicyclic) bond motifs is 1. The van der Waals surface area contributed by atoms with E-state index in [1.807, 2.05) is 0 Å². The molecule has 1 amide bonds. The predicted molar refractivity (Wildman–Crippen MR) is 123 cm³/mol. The number of ether oxygens (including phenoxy) is 1. The number of para-hydroxylation sites is 1. The average molecular weight is 473 g/mol. The first-order valence-electron chi connectivity index (χ1n) is 10.5. The Morgan fingerprint density at radius 1 is 1.03 bits per heavy atom. The number of anilines is 1. The third-order valence-electron chi connectivity index (χ3n) is 5.48. The Hall–Kier alpha value is -3.28. The van der Waals surface area contributed by atoms with E-state index in [1.54, 1.807) is 43.3 Å². The summed E-state index contributed by atoms with van der Waals surface area (Å²) in [6, 6.07) is 12.6. The summed E-state index contributed by atoms with van der Waals surface area (Å²) in [6.07, 6.45) is 0. The van der Waals surface area contributed by atoms with Crippen LogP contribution in [0.2, 0.25) is 0 Å². The molecule has 0 unspecified atom stereocenters. The summed E-state index contributed by atoms with van der Waals surface area (Å²) in [5.74, 6) is -0.524. The van der Waals surface area contributed by atoms with Gasteiger partial charge in [0.15, 0.2) is 0 Å². The lowest BCUT2D eigenvalue weighted by atomic mass is 10.2. The number of aromatic nitrogens is 2. The minimum absolute atomic E-state index is 0.0596. The van der Waals surface area contributed by atoms with Gasteiger partial charge in [-0.3, -0.25) is 18.7 Å².